The summed E-state index contributed by atoms with van der Waals surface area (Å²) in [5.74, 6) is 0.674. The molecular weight excluding hydrogens is 208 g/mol. The second kappa shape index (κ2) is 4.65. The van der Waals surface area contributed by atoms with Crippen LogP contribution in [0.15, 0.2) is 10.8 Å². The molecule has 0 bridgehead atoms. The molecule has 1 fully saturated rings. The van der Waals surface area contributed by atoms with Gasteiger partial charge in [-0.1, -0.05) is 0 Å². The Morgan fingerprint density at radius 3 is 3.00 bits per heavy atom. The number of oxazole rings is 1. The van der Waals surface area contributed by atoms with Crippen molar-refractivity contribution >= 4 is 5.91 Å². The molecule has 2 heterocycles. The minimum absolute atomic E-state index is 0.0632. The van der Waals surface area contributed by atoms with E-state index in [2.05, 4.69) is 10.3 Å². The zero-order valence-electron chi connectivity index (χ0n) is 9.53. The largest absolute Gasteiger partial charge is 0.448 e. The van der Waals surface area contributed by atoms with Gasteiger partial charge in [-0.3, -0.25) is 4.79 Å². The monoisotopic (exact) mass is 224 g/mol. The molecule has 5 heteroatoms. The number of aryl methyl sites for hydroxylation is 1. The third kappa shape index (κ3) is 2.41. The van der Waals surface area contributed by atoms with E-state index in [4.69, 9.17) is 9.15 Å². The topological polar surface area (TPSA) is 64.4 Å². The van der Waals surface area contributed by atoms with Crippen molar-refractivity contribution in [2.24, 2.45) is 0 Å². The highest BCUT2D eigenvalue weighted by Crippen LogP contribution is 2.19. The van der Waals surface area contributed by atoms with E-state index in [-0.39, 0.29) is 18.1 Å². The van der Waals surface area contributed by atoms with E-state index in [1.54, 1.807) is 0 Å². The van der Waals surface area contributed by atoms with Gasteiger partial charge in [0.15, 0.2) is 6.39 Å². The Hall–Kier alpha value is -1.36. The fourth-order valence-corrected chi connectivity index (χ4v) is 1.78. The molecule has 2 rings (SSSR count). The second-order valence-corrected chi connectivity index (χ2v) is 4.09. The molecule has 1 aliphatic heterocycles. The summed E-state index contributed by atoms with van der Waals surface area (Å²) in [4.78, 5) is 15.7. The molecule has 1 N–H and O–H groups in total. The van der Waals surface area contributed by atoms with Gasteiger partial charge in [0.2, 0.25) is 5.91 Å². The number of carbonyl (C=O) groups is 1. The van der Waals surface area contributed by atoms with Crippen molar-refractivity contribution in [2.75, 3.05) is 0 Å². The zero-order chi connectivity index (χ0) is 11.5. The molecule has 0 radical (unpaired) electrons. The van der Waals surface area contributed by atoms with Crippen LogP contribution in [0.2, 0.25) is 0 Å². The summed E-state index contributed by atoms with van der Waals surface area (Å²) in [7, 11) is 0. The number of carbonyl (C=O) groups excluding carboxylic acids is 1. The first kappa shape index (κ1) is 11.1. The van der Waals surface area contributed by atoms with Crippen molar-refractivity contribution in [1.29, 1.82) is 0 Å². The molecule has 0 unspecified atom stereocenters. The smallest absolute Gasteiger partial charge is 0.249 e. The molecule has 0 aliphatic carbocycles. The van der Waals surface area contributed by atoms with Crippen molar-refractivity contribution in [3.63, 3.8) is 0 Å². The summed E-state index contributed by atoms with van der Waals surface area (Å²) in [6.07, 6.45) is 3.00. The molecule has 2 atom stereocenters. The highest BCUT2D eigenvalue weighted by molar-refractivity contribution is 5.80. The Bertz CT molecular complexity index is 375. The van der Waals surface area contributed by atoms with Crippen LogP contribution in [0, 0.1) is 6.92 Å². The van der Waals surface area contributed by atoms with E-state index in [1.165, 1.54) is 6.39 Å². The third-order valence-electron chi connectivity index (χ3n) is 2.80. The summed E-state index contributed by atoms with van der Waals surface area (Å²) < 4.78 is 10.5. The normalized spacial score (nSPS) is 24.6. The van der Waals surface area contributed by atoms with Crippen LogP contribution in [0.25, 0.3) is 0 Å². The summed E-state index contributed by atoms with van der Waals surface area (Å²) in [5.41, 5.74) is 0.763. The molecule has 0 spiro atoms. The third-order valence-corrected chi connectivity index (χ3v) is 2.80. The number of amides is 1. The Morgan fingerprint density at radius 1 is 1.62 bits per heavy atom. The Morgan fingerprint density at radius 2 is 2.44 bits per heavy atom. The van der Waals surface area contributed by atoms with Gasteiger partial charge in [-0.05, 0) is 26.7 Å². The molecule has 88 valence electrons. The molecule has 0 aromatic carbocycles. The Balaban J connectivity index is 1.82. The van der Waals surface area contributed by atoms with Crippen LogP contribution in [-0.2, 0) is 16.1 Å². The second-order valence-electron chi connectivity index (χ2n) is 4.09. The van der Waals surface area contributed by atoms with E-state index in [9.17, 15) is 4.79 Å². The summed E-state index contributed by atoms with van der Waals surface area (Å²) in [6.45, 7) is 4.20. The molecule has 1 aromatic rings. The highest BCUT2D eigenvalue weighted by Gasteiger charge is 2.27. The molecule has 1 saturated heterocycles. The van der Waals surface area contributed by atoms with Gasteiger partial charge in [0.05, 0.1) is 12.6 Å². The van der Waals surface area contributed by atoms with Gasteiger partial charge in [-0.2, -0.15) is 0 Å². The van der Waals surface area contributed by atoms with Crippen molar-refractivity contribution in [1.82, 2.24) is 10.3 Å². The summed E-state index contributed by atoms with van der Waals surface area (Å²) in [6, 6.07) is 0. The van der Waals surface area contributed by atoms with Crippen LogP contribution in [0.1, 0.15) is 31.2 Å². The van der Waals surface area contributed by atoms with Crippen LogP contribution in [0.5, 0.6) is 0 Å². The van der Waals surface area contributed by atoms with Gasteiger partial charge in [0.1, 0.15) is 17.6 Å². The van der Waals surface area contributed by atoms with Crippen molar-refractivity contribution in [2.45, 2.75) is 45.4 Å². The maximum Gasteiger partial charge on any atom is 0.249 e. The number of nitrogens with zero attached hydrogens (tertiary/aromatic N) is 1. The minimum Gasteiger partial charge on any atom is -0.448 e. The van der Waals surface area contributed by atoms with Crippen LogP contribution < -0.4 is 5.32 Å². The molecule has 1 amide bonds. The molecule has 5 nitrogen and oxygen atoms in total. The van der Waals surface area contributed by atoms with Gasteiger partial charge in [0.25, 0.3) is 0 Å². The summed E-state index contributed by atoms with van der Waals surface area (Å²) in [5, 5.41) is 2.80. The van der Waals surface area contributed by atoms with Crippen molar-refractivity contribution in [3.05, 3.63) is 17.8 Å². The number of aromatic nitrogens is 1. The number of hydrogen-bond donors (Lipinski definition) is 1. The average Bonchev–Trinajstić information content (AvgIpc) is 2.84. The van der Waals surface area contributed by atoms with E-state index >= 15 is 0 Å². The van der Waals surface area contributed by atoms with Gasteiger partial charge >= 0.3 is 0 Å². The van der Waals surface area contributed by atoms with Gasteiger partial charge in [-0.15, -0.1) is 0 Å². The fraction of sp³-hybridized carbons (Fsp3) is 0.636. The van der Waals surface area contributed by atoms with E-state index in [1.807, 2.05) is 13.8 Å². The maximum atomic E-state index is 11.7. The zero-order valence-corrected chi connectivity index (χ0v) is 9.53. The maximum absolute atomic E-state index is 11.7. The molecule has 1 aliphatic rings. The number of rotatable bonds is 3. The lowest BCUT2D eigenvalue weighted by molar-refractivity contribution is -0.131. The Kier molecular flexibility index (Phi) is 3.24. The van der Waals surface area contributed by atoms with Crippen LogP contribution >= 0.6 is 0 Å². The first-order valence-corrected chi connectivity index (χ1v) is 5.49. The Labute approximate surface area is 94.2 Å². The predicted octanol–water partition coefficient (Wildman–Crippen LogP) is 1.17. The SMILES string of the molecule is Cc1ocnc1CNC(=O)[C@@H]1CC[C@@H](C)O1. The van der Waals surface area contributed by atoms with Crippen LogP contribution in [0.3, 0.4) is 0 Å². The number of nitrogens with one attached hydrogen (secondary N) is 1. The lowest BCUT2D eigenvalue weighted by atomic mass is 10.2. The standard InChI is InChI=1S/C11H16N2O3/c1-7-3-4-10(16-7)11(14)12-5-9-8(2)15-6-13-9/h6-7,10H,3-5H2,1-2H3,(H,12,14)/t7-,10+/m1/s1. The van der Waals surface area contributed by atoms with E-state index in [0.29, 0.717) is 6.54 Å². The molecule has 16 heavy (non-hydrogen) atoms. The first-order valence-electron chi connectivity index (χ1n) is 5.49. The lowest BCUT2D eigenvalue weighted by Crippen LogP contribution is -2.34. The molecular formula is C11H16N2O3. The summed E-state index contributed by atoms with van der Waals surface area (Å²) >= 11 is 0. The molecule has 0 saturated carbocycles. The quantitative estimate of drug-likeness (QED) is 0.837. The van der Waals surface area contributed by atoms with Gasteiger partial charge in [-0.25, -0.2) is 4.98 Å². The van der Waals surface area contributed by atoms with Crippen molar-refractivity contribution in [3.8, 4) is 0 Å². The first-order chi connectivity index (χ1) is 7.66. The van der Waals surface area contributed by atoms with E-state index < -0.39 is 0 Å². The average molecular weight is 224 g/mol. The van der Waals surface area contributed by atoms with Gasteiger partial charge < -0.3 is 14.5 Å². The van der Waals surface area contributed by atoms with Gasteiger partial charge in [0, 0.05) is 0 Å². The lowest BCUT2D eigenvalue weighted by Gasteiger charge is -2.10. The number of ether oxygens (including phenoxy) is 1. The van der Waals surface area contributed by atoms with Crippen LogP contribution in [-0.4, -0.2) is 23.1 Å². The fourth-order valence-electron chi connectivity index (χ4n) is 1.78. The minimum atomic E-state index is -0.304. The highest BCUT2D eigenvalue weighted by atomic mass is 16.5. The molecule has 1 aromatic heterocycles. The van der Waals surface area contributed by atoms with Crippen molar-refractivity contribution < 1.29 is 13.9 Å². The predicted molar refractivity (Wildman–Crippen MR) is 56.7 cm³/mol. The van der Waals surface area contributed by atoms with E-state index in [0.717, 1.165) is 24.3 Å². The van der Waals surface area contributed by atoms with Crippen LogP contribution in [0.4, 0.5) is 0 Å². The number of hydrogen-bond acceptors (Lipinski definition) is 4.